The lowest BCUT2D eigenvalue weighted by molar-refractivity contribution is -0.119. The Morgan fingerprint density at radius 1 is 1.35 bits per heavy atom. The second kappa shape index (κ2) is 9.39. The number of hydrogen-bond acceptors (Lipinski definition) is 6. The molecule has 0 aliphatic carbocycles. The molecule has 1 aliphatic rings. The van der Waals surface area contributed by atoms with Gasteiger partial charge >= 0.3 is 0 Å². The van der Waals surface area contributed by atoms with Crippen molar-refractivity contribution in [3.05, 3.63) is 46.6 Å². The summed E-state index contributed by atoms with van der Waals surface area (Å²) in [6.07, 6.45) is 1.96. The molecule has 1 aromatic carbocycles. The van der Waals surface area contributed by atoms with Crippen LogP contribution in [0, 0.1) is 6.92 Å². The van der Waals surface area contributed by atoms with Crippen LogP contribution in [0.5, 0.6) is 0 Å². The number of thioether (sulfide) groups is 1. The lowest BCUT2D eigenvalue weighted by atomic mass is 10.0. The molecule has 8 heteroatoms. The van der Waals surface area contributed by atoms with Gasteiger partial charge in [-0.05, 0) is 30.5 Å². The summed E-state index contributed by atoms with van der Waals surface area (Å²) in [5.41, 5.74) is 1.27. The second-order valence-electron chi connectivity index (χ2n) is 6.47. The van der Waals surface area contributed by atoms with Crippen molar-refractivity contribution in [1.29, 1.82) is 0 Å². The van der Waals surface area contributed by atoms with Gasteiger partial charge in [-0.2, -0.15) is 4.98 Å². The molecular formula is C18H23ClN4O2S. The number of hydrogen-bond donors (Lipinski definition) is 1. The highest BCUT2D eigenvalue weighted by Gasteiger charge is 2.20. The lowest BCUT2D eigenvalue weighted by Gasteiger charge is -2.32. The highest BCUT2D eigenvalue weighted by atomic mass is 35.5. The number of rotatable bonds is 7. The van der Waals surface area contributed by atoms with Crippen molar-refractivity contribution in [3.8, 4) is 0 Å². The minimum atomic E-state index is 0.0753. The number of aryl methyl sites for hydroxylation is 1. The smallest absolute Gasteiger partial charge is 0.230 e. The normalized spacial score (nSPS) is 15.9. The zero-order chi connectivity index (χ0) is 18.4. The number of benzene rings is 1. The van der Waals surface area contributed by atoms with Crippen molar-refractivity contribution in [2.45, 2.75) is 38.1 Å². The van der Waals surface area contributed by atoms with Crippen molar-refractivity contribution < 1.29 is 9.32 Å². The molecule has 2 aromatic rings. The molecule has 0 saturated carbocycles. The summed E-state index contributed by atoms with van der Waals surface area (Å²) in [4.78, 5) is 18.6. The number of carbonyl (C=O) groups is 1. The molecule has 1 saturated heterocycles. The van der Waals surface area contributed by atoms with Crippen molar-refractivity contribution >= 4 is 29.3 Å². The first-order valence-corrected chi connectivity index (χ1v) is 10.2. The van der Waals surface area contributed by atoms with Crippen LogP contribution in [-0.4, -0.2) is 45.8 Å². The molecule has 0 radical (unpaired) electrons. The summed E-state index contributed by atoms with van der Waals surface area (Å²) in [6.45, 7) is 4.66. The van der Waals surface area contributed by atoms with Crippen LogP contribution in [0.1, 0.15) is 30.1 Å². The third-order valence-electron chi connectivity index (χ3n) is 4.31. The summed E-state index contributed by atoms with van der Waals surface area (Å²) in [6, 6.07) is 8.25. The fourth-order valence-electron chi connectivity index (χ4n) is 2.99. The Morgan fingerprint density at radius 3 is 2.73 bits per heavy atom. The molecule has 6 nitrogen and oxygen atoms in total. The number of aromatic nitrogens is 2. The van der Waals surface area contributed by atoms with Crippen LogP contribution in [0.4, 0.5) is 0 Å². The molecule has 2 heterocycles. The van der Waals surface area contributed by atoms with Gasteiger partial charge < -0.3 is 9.84 Å². The monoisotopic (exact) mass is 394 g/mol. The first kappa shape index (κ1) is 19.2. The predicted octanol–water partition coefficient (Wildman–Crippen LogP) is 3.05. The first-order valence-electron chi connectivity index (χ1n) is 8.71. The summed E-state index contributed by atoms with van der Waals surface area (Å²) < 4.78 is 4.92. The topological polar surface area (TPSA) is 71.3 Å². The Kier molecular flexibility index (Phi) is 6.93. The summed E-state index contributed by atoms with van der Waals surface area (Å²) in [5, 5.41) is 7.72. The Morgan fingerprint density at radius 2 is 2.08 bits per heavy atom. The Bertz CT molecular complexity index is 714. The predicted molar refractivity (Wildman–Crippen MR) is 103 cm³/mol. The van der Waals surface area contributed by atoms with Gasteiger partial charge in [0.25, 0.3) is 0 Å². The molecule has 26 heavy (non-hydrogen) atoms. The van der Waals surface area contributed by atoms with Crippen LogP contribution in [0.25, 0.3) is 0 Å². The SMILES string of the molecule is Cc1nc(CSCC(=O)NC2CCN(Cc3ccc(Cl)cc3)CC2)no1. The summed E-state index contributed by atoms with van der Waals surface area (Å²) in [5.74, 6) is 2.26. The first-order chi connectivity index (χ1) is 12.6. The highest BCUT2D eigenvalue weighted by molar-refractivity contribution is 7.99. The standard InChI is InChI=1S/C18H23ClN4O2S/c1-13-20-17(22-25-13)11-26-12-18(24)21-16-6-8-23(9-7-16)10-14-2-4-15(19)5-3-14/h2-5,16H,6-12H2,1H3,(H,21,24). The summed E-state index contributed by atoms with van der Waals surface area (Å²) >= 11 is 7.43. The van der Waals surface area contributed by atoms with Crippen molar-refractivity contribution in [2.24, 2.45) is 0 Å². The number of amides is 1. The minimum Gasteiger partial charge on any atom is -0.353 e. The molecule has 0 bridgehead atoms. The zero-order valence-corrected chi connectivity index (χ0v) is 16.4. The molecule has 1 aromatic heterocycles. The molecule has 0 spiro atoms. The van der Waals surface area contributed by atoms with E-state index in [-0.39, 0.29) is 11.9 Å². The second-order valence-corrected chi connectivity index (χ2v) is 7.89. The van der Waals surface area contributed by atoms with Gasteiger partial charge in [0.05, 0.1) is 11.5 Å². The average molecular weight is 395 g/mol. The van der Waals surface area contributed by atoms with E-state index in [2.05, 4.69) is 32.5 Å². The van der Waals surface area contributed by atoms with Crippen molar-refractivity contribution in [2.75, 3.05) is 18.8 Å². The van der Waals surface area contributed by atoms with Crippen LogP contribution in [0.3, 0.4) is 0 Å². The highest BCUT2D eigenvalue weighted by Crippen LogP contribution is 2.16. The van der Waals surface area contributed by atoms with Crippen molar-refractivity contribution in [1.82, 2.24) is 20.4 Å². The fraction of sp³-hybridized carbons (Fsp3) is 0.500. The van der Waals surface area contributed by atoms with Crippen LogP contribution >= 0.6 is 23.4 Å². The maximum absolute atomic E-state index is 12.1. The van der Waals surface area contributed by atoms with Crippen LogP contribution < -0.4 is 5.32 Å². The molecular weight excluding hydrogens is 372 g/mol. The largest absolute Gasteiger partial charge is 0.353 e. The fourth-order valence-corrected chi connectivity index (χ4v) is 3.78. The maximum atomic E-state index is 12.1. The van der Waals surface area contributed by atoms with E-state index in [1.807, 2.05) is 12.1 Å². The number of carbonyl (C=O) groups excluding carboxylic acids is 1. The van der Waals surface area contributed by atoms with E-state index in [0.717, 1.165) is 37.5 Å². The van der Waals surface area contributed by atoms with Gasteiger partial charge in [-0.25, -0.2) is 0 Å². The van der Waals surface area contributed by atoms with E-state index in [1.165, 1.54) is 17.3 Å². The molecule has 0 unspecified atom stereocenters. The van der Waals surface area contributed by atoms with Crippen LogP contribution in [0.15, 0.2) is 28.8 Å². The van der Waals surface area contributed by atoms with Crippen LogP contribution in [0.2, 0.25) is 5.02 Å². The van der Waals surface area contributed by atoms with Gasteiger partial charge in [0.1, 0.15) is 0 Å². The average Bonchev–Trinajstić information content (AvgIpc) is 3.04. The molecule has 1 fully saturated rings. The zero-order valence-electron chi connectivity index (χ0n) is 14.8. The minimum absolute atomic E-state index is 0.0753. The number of likely N-dealkylation sites (tertiary alicyclic amines) is 1. The third kappa shape index (κ3) is 6.00. The van der Waals surface area contributed by atoms with E-state index >= 15 is 0 Å². The molecule has 0 atom stereocenters. The molecule has 1 N–H and O–H groups in total. The van der Waals surface area contributed by atoms with Gasteiger partial charge in [0, 0.05) is 37.6 Å². The number of halogens is 1. The van der Waals surface area contributed by atoms with Gasteiger partial charge in [0.15, 0.2) is 5.82 Å². The van der Waals surface area contributed by atoms with E-state index in [4.69, 9.17) is 16.1 Å². The van der Waals surface area contributed by atoms with E-state index in [9.17, 15) is 4.79 Å². The van der Waals surface area contributed by atoms with Gasteiger partial charge in [-0.1, -0.05) is 28.9 Å². The molecule has 1 aliphatic heterocycles. The number of nitrogens with one attached hydrogen (secondary N) is 1. The van der Waals surface area contributed by atoms with Crippen LogP contribution in [-0.2, 0) is 17.1 Å². The van der Waals surface area contributed by atoms with Gasteiger partial charge in [-0.3, -0.25) is 9.69 Å². The Hall–Kier alpha value is -1.57. The maximum Gasteiger partial charge on any atom is 0.230 e. The third-order valence-corrected chi connectivity index (χ3v) is 5.49. The van der Waals surface area contributed by atoms with Gasteiger partial charge in [-0.15, -0.1) is 11.8 Å². The Balaban J connectivity index is 1.32. The quantitative estimate of drug-likeness (QED) is 0.778. The van der Waals surface area contributed by atoms with Gasteiger partial charge in [0.2, 0.25) is 11.8 Å². The lowest BCUT2D eigenvalue weighted by Crippen LogP contribution is -2.44. The molecule has 140 valence electrons. The Labute approximate surface area is 162 Å². The van der Waals surface area contributed by atoms with Crippen molar-refractivity contribution in [3.63, 3.8) is 0 Å². The number of nitrogens with zero attached hydrogens (tertiary/aromatic N) is 3. The van der Waals surface area contributed by atoms with E-state index < -0.39 is 0 Å². The molecule has 1 amide bonds. The molecule has 3 rings (SSSR count). The number of piperidine rings is 1. The van der Waals surface area contributed by atoms with E-state index in [1.54, 1.807) is 6.92 Å². The summed E-state index contributed by atoms with van der Waals surface area (Å²) in [7, 11) is 0. The van der Waals surface area contributed by atoms with E-state index in [0.29, 0.717) is 23.2 Å².